The zero-order valence-electron chi connectivity index (χ0n) is 11.8. The Morgan fingerprint density at radius 1 is 0.913 bits per heavy atom. The first-order valence-corrected chi connectivity index (χ1v) is 7.31. The molecule has 0 bridgehead atoms. The maximum absolute atomic E-state index is 11.9. The first-order valence-electron chi connectivity index (χ1n) is 6.55. The lowest BCUT2D eigenvalue weighted by Crippen LogP contribution is -2.19. The highest BCUT2D eigenvalue weighted by Gasteiger charge is 2.03. The van der Waals surface area contributed by atoms with Crippen molar-refractivity contribution < 1.29 is 9.59 Å². The van der Waals surface area contributed by atoms with E-state index in [-0.39, 0.29) is 5.91 Å². The van der Waals surface area contributed by atoms with Crippen LogP contribution in [0.4, 0.5) is 16.2 Å². The van der Waals surface area contributed by atoms with Crippen molar-refractivity contribution in [3.8, 4) is 0 Å². The molecule has 0 aliphatic heterocycles. The van der Waals surface area contributed by atoms with E-state index in [2.05, 4.69) is 10.6 Å². The smallest absolute Gasteiger partial charge is 0.316 e. The molecule has 7 heteroatoms. The van der Waals surface area contributed by atoms with E-state index in [1.807, 2.05) is 0 Å². The molecule has 0 heterocycles. The van der Waals surface area contributed by atoms with Crippen molar-refractivity contribution in [3.05, 3.63) is 64.1 Å². The number of halogens is 2. The zero-order chi connectivity index (χ0) is 16.8. The number of rotatable bonds is 4. The first kappa shape index (κ1) is 16.9. The van der Waals surface area contributed by atoms with Gasteiger partial charge in [-0.2, -0.15) is 0 Å². The number of carbonyl (C=O) groups excluding carboxylic acids is 2. The molecule has 4 N–H and O–H groups in total. The molecule has 5 nitrogen and oxygen atoms in total. The number of carbonyl (C=O) groups is 2. The van der Waals surface area contributed by atoms with Crippen LogP contribution in [0.1, 0.15) is 5.56 Å². The summed E-state index contributed by atoms with van der Waals surface area (Å²) in [5.74, 6) is -0.336. The predicted octanol–water partition coefficient (Wildman–Crippen LogP) is 4.14. The summed E-state index contributed by atoms with van der Waals surface area (Å²) in [6.07, 6.45) is 2.88. The average Bonchev–Trinajstić information content (AvgIpc) is 2.48. The summed E-state index contributed by atoms with van der Waals surface area (Å²) < 4.78 is 0. The third kappa shape index (κ3) is 5.02. The molecular formula is C16H13Cl2N3O2. The highest BCUT2D eigenvalue weighted by atomic mass is 35.5. The van der Waals surface area contributed by atoms with Crippen LogP contribution in [0.5, 0.6) is 0 Å². The van der Waals surface area contributed by atoms with Gasteiger partial charge in [-0.15, -0.1) is 0 Å². The van der Waals surface area contributed by atoms with Crippen molar-refractivity contribution in [2.24, 2.45) is 5.73 Å². The summed E-state index contributed by atoms with van der Waals surface area (Å²) in [6.45, 7) is 0. The predicted molar refractivity (Wildman–Crippen MR) is 93.8 cm³/mol. The van der Waals surface area contributed by atoms with Crippen LogP contribution < -0.4 is 16.4 Å². The molecule has 0 saturated heterocycles. The molecule has 2 rings (SSSR count). The van der Waals surface area contributed by atoms with Crippen LogP contribution in [0.15, 0.2) is 48.5 Å². The molecular weight excluding hydrogens is 337 g/mol. The molecule has 118 valence electrons. The third-order valence-corrected chi connectivity index (χ3v) is 3.48. The summed E-state index contributed by atoms with van der Waals surface area (Å²) in [5, 5.41) is 6.03. The molecule has 0 aliphatic carbocycles. The van der Waals surface area contributed by atoms with Crippen LogP contribution in [0.2, 0.25) is 10.0 Å². The van der Waals surface area contributed by atoms with Crippen molar-refractivity contribution in [1.82, 2.24) is 0 Å². The second-order valence-corrected chi connectivity index (χ2v) is 5.34. The molecule has 0 saturated carbocycles. The molecule has 0 fully saturated rings. The largest absolute Gasteiger partial charge is 0.351 e. The Bertz CT molecular complexity index is 738. The molecule has 23 heavy (non-hydrogen) atoms. The van der Waals surface area contributed by atoms with Gasteiger partial charge in [0.05, 0.1) is 0 Å². The van der Waals surface area contributed by atoms with E-state index in [1.165, 1.54) is 6.08 Å². The van der Waals surface area contributed by atoms with Crippen LogP contribution in [-0.2, 0) is 4.79 Å². The summed E-state index contributed by atoms with van der Waals surface area (Å²) in [4.78, 5) is 22.6. The molecule has 0 aromatic heterocycles. The Labute approximate surface area is 143 Å². The Hall–Kier alpha value is -2.50. The van der Waals surface area contributed by atoms with E-state index in [0.29, 0.717) is 27.0 Å². The number of benzene rings is 2. The van der Waals surface area contributed by atoms with Crippen LogP contribution in [-0.4, -0.2) is 11.9 Å². The second kappa shape index (κ2) is 7.67. The minimum atomic E-state index is -0.652. The van der Waals surface area contributed by atoms with Crippen LogP contribution in [0.25, 0.3) is 6.08 Å². The highest BCUT2D eigenvalue weighted by molar-refractivity contribution is 6.37. The second-order valence-electron chi connectivity index (χ2n) is 4.52. The SMILES string of the molecule is NC(=O)Nc1ccc(NC(=O)/C=C/c2c(Cl)cccc2Cl)cc1. The van der Waals surface area contributed by atoms with E-state index in [0.717, 1.165) is 0 Å². The fourth-order valence-electron chi connectivity index (χ4n) is 1.79. The van der Waals surface area contributed by atoms with Gasteiger partial charge in [0, 0.05) is 33.1 Å². The van der Waals surface area contributed by atoms with Gasteiger partial charge in [-0.1, -0.05) is 29.3 Å². The minimum Gasteiger partial charge on any atom is -0.351 e. The van der Waals surface area contributed by atoms with E-state index < -0.39 is 6.03 Å². The van der Waals surface area contributed by atoms with E-state index >= 15 is 0 Å². The lowest BCUT2D eigenvalue weighted by Gasteiger charge is -2.05. The molecule has 0 atom stereocenters. The highest BCUT2D eigenvalue weighted by Crippen LogP contribution is 2.25. The molecule has 3 amide bonds. The van der Waals surface area contributed by atoms with E-state index in [4.69, 9.17) is 28.9 Å². The minimum absolute atomic E-state index is 0.336. The van der Waals surface area contributed by atoms with Crippen molar-refractivity contribution in [1.29, 1.82) is 0 Å². The topological polar surface area (TPSA) is 84.2 Å². The number of nitrogens with one attached hydrogen (secondary N) is 2. The quantitative estimate of drug-likeness (QED) is 0.724. The van der Waals surface area contributed by atoms with Gasteiger partial charge in [-0.3, -0.25) is 4.79 Å². The fraction of sp³-hybridized carbons (Fsp3) is 0. The van der Waals surface area contributed by atoms with Gasteiger partial charge < -0.3 is 16.4 Å². The number of anilines is 2. The Kier molecular flexibility index (Phi) is 5.62. The number of hydrogen-bond acceptors (Lipinski definition) is 2. The molecule has 2 aromatic rings. The molecule has 0 radical (unpaired) electrons. The van der Waals surface area contributed by atoms with Gasteiger partial charge in [0.25, 0.3) is 0 Å². The normalized spacial score (nSPS) is 10.5. The van der Waals surface area contributed by atoms with E-state index in [9.17, 15) is 9.59 Å². The molecule has 0 aliphatic rings. The summed E-state index contributed by atoms with van der Waals surface area (Å²) in [6, 6.07) is 11.0. The Morgan fingerprint density at radius 2 is 1.43 bits per heavy atom. The van der Waals surface area contributed by atoms with Gasteiger partial charge in [-0.05, 0) is 42.5 Å². The van der Waals surface area contributed by atoms with Crippen LogP contribution >= 0.6 is 23.2 Å². The zero-order valence-corrected chi connectivity index (χ0v) is 13.4. The first-order chi connectivity index (χ1) is 11.0. The van der Waals surface area contributed by atoms with Crippen LogP contribution in [0.3, 0.4) is 0 Å². The van der Waals surface area contributed by atoms with Gasteiger partial charge >= 0.3 is 6.03 Å². The monoisotopic (exact) mass is 349 g/mol. The van der Waals surface area contributed by atoms with Gasteiger partial charge in [0.2, 0.25) is 5.91 Å². The van der Waals surface area contributed by atoms with Gasteiger partial charge in [0.1, 0.15) is 0 Å². The summed E-state index contributed by atoms with van der Waals surface area (Å²) in [5.41, 5.74) is 6.69. The van der Waals surface area contributed by atoms with Crippen molar-refractivity contribution in [3.63, 3.8) is 0 Å². The summed E-state index contributed by atoms with van der Waals surface area (Å²) >= 11 is 12.0. The van der Waals surface area contributed by atoms with Crippen LogP contribution in [0, 0.1) is 0 Å². The average molecular weight is 350 g/mol. The Morgan fingerprint density at radius 3 is 1.96 bits per heavy atom. The third-order valence-electron chi connectivity index (χ3n) is 2.82. The fourth-order valence-corrected chi connectivity index (χ4v) is 2.32. The standard InChI is InChI=1S/C16H13Cl2N3O2/c17-13-2-1-3-14(18)12(13)8-9-15(22)20-10-4-6-11(7-5-10)21-16(19)23/h1-9H,(H,20,22)(H3,19,21,23)/b9-8+. The number of primary amides is 1. The van der Waals surface area contributed by atoms with Gasteiger partial charge in [-0.25, -0.2) is 4.79 Å². The maximum atomic E-state index is 11.9. The number of hydrogen-bond donors (Lipinski definition) is 3. The molecule has 0 unspecified atom stereocenters. The van der Waals surface area contributed by atoms with Crippen molar-refractivity contribution in [2.45, 2.75) is 0 Å². The van der Waals surface area contributed by atoms with Crippen molar-refractivity contribution >= 4 is 52.6 Å². The number of urea groups is 1. The number of amides is 3. The summed E-state index contributed by atoms with van der Waals surface area (Å²) in [7, 11) is 0. The lowest BCUT2D eigenvalue weighted by molar-refractivity contribution is -0.111. The number of nitrogens with two attached hydrogens (primary N) is 1. The maximum Gasteiger partial charge on any atom is 0.316 e. The lowest BCUT2D eigenvalue weighted by atomic mass is 10.2. The Balaban J connectivity index is 2.02. The van der Waals surface area contributed by atoms with Gasteiger partial charge in [0.15, 0.2) is 0 Å². The van der Waals surface area contributed by atoms with E-state index in [1.54, 1.807) is 48.5 Å². The van der Waals surface area contributed by atoms with Crippen molar-refractivity contribution in [2.75, 3.05) is 10.6 Å². The molecule has 0 spiro atoms. The molecule has 2 aromatic carbocycles.